The minimum atomic E-state index is -0.310. The van der Waals surface area contributed by atoms with E-state index in [0.29, 0.717) is 57.5 Å². The van der Waals surface area contributed by atoms with Gasteiger partial charge in [-0.2, -0.15) is 0 Å². The van der Waals surface area contributed by atoms with Crippen LogP contribution in [-0.4, -0.2) is 19.1 Å². The number of carbonyl (C=O) groups excluding carboxylic acids is 1. The molecule has 4 aromatic rings. The monoisotopic (exact) mass is 465 g/mol. The van der Waals surface area contributed by atoms with Crippen molar-refractivity contribution in [2.24, 2.45) is 0 Å². The highest BCUT2D eigenvalue weighted by molar-refractivity contribution is 6.37. The zero-order valence-electron chi connectivity index (χ0n) is 16.7. The van der Waals surface area contributed by atoms with E-state index in [1.54, 1.807) is 36.4 Å². The summed E-state index contributed by atoms with van der Waals surface area (Å²) in [7, 11) is 0. The van der Waals surface area contributed by atoms with Crippen LogP contribution < -0.4 is 19.5 Å². The predicted octanol–water partition coefficient (Wildman–Crippen LogP) is 6.96. The first kappa shape index (κ1) is 20.5. The average Bonchev–Trinajstić information content (AvgIpc) is 2.82. The fraction of sp³-hybridized carbons (Fsp3) is 0.0800. The third kappa shape index (κ3) is 4.05. The Morgan fingerprint density at radius 3 is 2.53 bits per heavy atom. The first-order valence-corrected chi connectivity index (χ1v) is 10.7. The SMILES string of the molecule is O=C(Nc1ccc(Oc2ccc3ccccc3c2Cl)cc1Cl)c1ccc2c(c1)OCCO2. The molecule has 0 fully saturated rings. The first-order valence-electron chi connectivity index (χ1n) is 9.94. The smallest absolute Gasteiger partial charge is 0.255 e. The third-order valence-corrected chi connectivity index (χ3v) is 5.75. The van der Waals surface area contributed by atoms with Gasteiger partial charge in [0.05, 0.1) is 15.7 Å². The first-order chi connectivity index (χ1) is 15.6. The van der Waals surface area contributed by atoms with E-state index >= 15 is 0 Å². The molecule has 1 amide bonds. The molecule has 0 radical (unpaired) electrons. The lowest BCUT2D eigenvalue weighted by Crippen LogP contribution is -2.17. The molecule has 0 saturated heterocycles. The van der Waals surface area contributed by atoms with Crippen molar-refractivity contribution in [1.82, 2.24) is 0 Å². The lowest BCUT2D eigenvalue weighted by molar-refractivity contribution is 0.102. The summed E-state index contributed by atoms with van der Waals surface area (Å²) < 4.78 is 17.0. The van der Waals surface area contributed by atoms with Crippen LogP contribution in [0.4, 0.5) is 5.69 Å². The maximum Gasteiger partial charge on any atom is 0.255 e. The number of hydrogen-bond donors (Lipinski definition) is 1. The summed E-state index contributed by atoms with van der Waals surface area (Å²) in [5, 5.41) is 5.60. The summed E-state index contributed by atoms with van der Waals surface area (Å²) in [6.45, 7) is 0.944. The van der Waals surface area contributed by atoms with Crippen LogP contribution in [0.5, 0.6) is 23.0 Å². The van der Waals surface area contributed by atoms with Gasteiger partial charge in [0, 0.05) is 17.0 Å². The van der Waals surface area contributed by atoms with Gasteiger partial charge in [0.15, 0.2) is 11.5 Å². The molecule has 1 heterocycles. The molecule has 32 heavy (non-hydrogen) atoms. The van der Waals surface area contributed by atoms with Gasteiger partial charge < -0.3 is 19.5 Å². The number of halogens is 2. The second kappa shape index (κ2) is 8.61. The van der Waals surface area contributed by atoms with Crippen LogP contribution in [0, 0.1) is 0 Å². The van der Waals surface area contributed by atoms with Crippen molar-refractivity contribution in [1.29, 1.82) is 0 Å². The number of ether oxygens (including phenoxy) is 3. The summed E-state index contributed by atoms with van der Waals surface area (Å²) in [6.07, 6.45) is 0. The van der Waals surface area contributed by atoms with Crippen molar-refractivity contribution in [3.63, 3.8) is 0 Å². The highest BCUT2D eigenvalue weighted by atomic mass is 35.5. The van der Waals surface area contributed by atoms with E-state index < -0.39 is 0 Å². The van der Waals surface area contributed by atoms with E-state index in [1.165, 1.54) is 0 Å². The number of carbonyl (C=O) groups is 1. The molecular formula is C25H17Cl2NO4. The minimum Gasteiger partial charge on any atom is -0.486 e. The molecule has 4 aromatic carbocycles. The van der Waals surface area contributed by atoms with Gasteiger partial charge in [-0.25, -0.2) is 0 Å². The van der Waals surface area contributed by atoms with Gasteiger partial charge in [-0.15, -0.1) is 0 Å². The molecule has 0 aliphatic carbocycles. The van der Waals surface area contributed by atoms with Crippen molar-refractivity contribution in [2.45, 2.75) is 0 Å². The number of amides is 1. The standard InChI is InChI=1S/C25H17Cl2NO4/c26-19-14-17(32-22-10-5-15-3-1-2-4-18(15)24(22)27)7-8-20(19)28-25(29)16-6-9-21-23(13-16)31-12-11-30-21/h1-10,13-14H,11-12H2,(H,28,29). The van der Waals surface area contributed by atoms with E-state index in [2.05, 4.69) is 5.32 Å². The molecular weight excluding hydrogens is 449 g/mol. The number of fused-ring (bicyclic) bond motifs is 2. The number of hydrogen-bond acceptors (Lipinski definition) is 4. The van der Waals surface area contributed by atoms with Gasteiger partial charge in [0.2, 0.25) is 0 Å². The molecule has 5 nitrogen and oxygen atoms in total. The Morgan fingerprint density at radius 1 is 0.875 bits per heavy atom. The number of nitrogens with one attached hydrogen (secondary N) is 1. The molecule has 0 atom stereocenters. The molecule has 1 aliphatic heterocycles. The second-order valence-electron chi connectivity index (χ2n) is 7.16. The van der Waals surface area contributed by atoms with Gasteiger partial charge in [0.25, 0.3) is 5.91 Å². The minimum absolute atomic E-state index is 0.310. The summed E-state index contributed by atoms with van der Waals surface area (Å²) in [5.41, 5.74) is 0.900. The van der Waals surface area contributed by atoms with Crippen molar-refractivity contribution < 1.29 is 19.0 Å². The normalized spacial score (nSPS) is 12.4. The second-order valence-corrected chi connectivity index (χ2v) is 7.94. The third-order valence-electron chi connectivity index (χ3n) is 5.05. The Balaban J connectivity index is 1.33. The molecule has 0 saturated carbocycles. The van der Waals surface area contributed by atoms with E-state index in [1.807, 2.05) is 36.4 Å². The topological polar surface area (TPSA) is 56.8 Å². The largest absolute Gasteiger partial charge is 0.486 e. The molecule has 1 aliphatic rings. The zero-order valence-corrected chi connectivity index (χ0v) is 18.2. The Bertz CT molecular complexity index is 1340. The molecule has 1 N–H and O–H groups in total. The molecule has 5 rings (SSSR count). The van der Waals surface area contributed by atoms with Crippen molar-refractivity contribution in [2.75, 3.05) is 18.5 Å². The van der Waals surface area contributed by atoms with Crippen LogP contribution in [0.1, 0.15) is 10.4 Å². The summed E-state index contributed by atoms with van der Waals surface area (Å²) >= 11 is 12.9. The summed E-state index contributed by atoms with van der Waals surface area (Å²) in [5.74, 6) is 1.89. The quantitative estimate of drug-likeness (QED) is 0.353. The van der Waals surface area contributed by atoms with Crippen LogP contribution in [-0.2, 0) is 0 Å². The average molecular weight is 466 g/mol. The van der Waals surface area contributed by atoms with E-state index in [9.17, 15) is 4.79 Å². The highest BCUT2D eigenvalue weighted by Crippen LogP contribution is 2.37. The lowest BCUT2D eigenvalue weighted by Gasteiger charge is -2.18. The summed E-state index contributed by atoms with van der Waals surface area (Å²) in [6, 6.07) is 21.6. The molecule has 7 heteroatoms. The zero-order chi connectivity index (χ0) is 22.1. The van der Waals surface area contributed by atoms with E-state index in [-0.39, 0.29) is 5.91 Å². The van der Waals surface area contributed by atoms with E-state index in [4.69, 9.17) is 37.4 Å². The van der Waals surface area contributed by atoms with Crippen molar-refractivity contribution in [3.8, 4) is 23.0 Å². The molecule has 0 bridgehead atoms. The Kier molecular flexibility index (Phi) is 5.52. The van der Waals surface area contributed by atoms with Gasteiger partial charge in [-0.05, 0) is 41.8 Å². The van der Waals surface area contributed by atoms with Gasteiger partial charge in [-0.1, -0.05) is 53.5 Å². The summed E-state index contributed by atoms with van der Waals surface area (Å²) in [4.78, 5) is 12.7. The fourth-order valence-electron chi connectivity index (χ4n) is 3.46. The predicted molar refractivity (Wildman–Crippen MR) is 126 cm³/mol. The lowest BCUT2D eigenvalue weighted by atomic mass is 10.1. The van der Waals surface area contributed by atoms with E-state index in [0.717, 1.165) is 10.8 Å². The molecule has 0 unspecified atom stereocenters. The van der Waals surface area contributed by atoms with Crippen LogP contribution >= 0.6 is 23.2 Å². The van der Waals surface area contributed by atoms with Crippen molar-refractivity contribution in [3.05, 3.63) is 88.4 Å². The van der Waals surface area contributed by atoms with Crippen LogP contribution in [0.25, 0.3) is 10.8 Å². The van der Waals surface area contributed by atoms with Gasteiger partial charge in [-0.3, -0.25) is 4.79 Å². The highest BCUT2D eigenvalue weighted by Gasteiger charge is 2.16. The Labute approximate surface area is 194 Å². The van der Waals surface area contributed by atoms with Gasteiger partial charge in [0.1, 0.15) is 24.7 Å². The maximum absolute atomic E-state index is 12.7. The van der Waals surface area contributed by atoms with Gasteiger partial charge >= 0.3 is 0 Å². The Morgan fingerprint density at radius 2 is 1.69 bits per heavy atom. The molecule has 160 valence electrons. The number of anilines is 1. The van der Waals surface area contributed by atoms with Crippen molar-refractivity contribution >= 4 is 45.6 Å². The van der Waals surface area contributed by atoms with Crippen LogP contribution in [0.3, 0.4) is 0 Å². The Hall–Kier alpha value is -3.41. The van der Waals surface area contributed by atoms with Crippen LogP contribution in [0.15, 0.2) is 72.8 Å². The number of benzene rings is 4. The fourth-order valence-corrected chi connectivity index (χ4v) is 3.95. The molecule has 0 aromatic heterocycles. The maximum atomic E-state index is 12.7. The molecule has 0 spiro atoms. The number of rotatable bonds is 4. The van der Waals surface area contributed by atoms with Crippen LogP contribution in [0.2, 0.25) is 10.0 Å².